The Morgan fingerprint density at radius 2 is 1.85 bits per heavy atom. The second kappa shape index (κ2) is 8.65. The molecule has 2 fully saturated rings. The third-order valence-corrected chi connectivity index (χ3v) is 8.36. The highest BCUT2D eigenvalue weighted by Crippen LogP contribution is 2.36. The van der Waals surface area contributed by atoms with Gasteiger partial charge in [-0.15, -0.1) is 0 Å². The summed E-state index contributed by atoms with van der Waals surface area (Å²) < 4.78 is 44.9. The zero-order valence-electron chi connectivity index (χ0n) is 17.2. The number of hydrogen-bond donors (Lipinski definition) is 1. The number of carbonyl (C=O) groups is 2. The van der Waals surface area contributed by atoms with Gasteiger partial charge in [-0.1, -0.05) is 23.7 Å². The molecule has 1 saturated carbocycles. The highest BCUT2D eigenvalue weighted by atomic mass is 35.5. The minimum atomic E-state index is -3.99. The molecular weight excluding hydrogens is 473 g/mol. The van der Waals surface area contributed by atoms with E-state index in [1.807, 2.05) is 6.07 Å². The van der Waals surface area contributed by atoms with Crippen LogP contribution in [-0.4, -0.2) is 48.7 Å². The Balaban J connectivity index is 1.61. The number of hydrogen-bond acceptors (Lipinski definition) is 6. The zero-order valence-corrected chi connectivity index (χ0v) is 18.8. The maximum atomic E-state index is 13.3. The van der Waals surface area contributed by atoms with Crippen LogP contribution >= 0.6 is 11.6 Å². The molecule has 1 heterocycles. The first kappa shape index (κ1) is 23.0. The highest BCUT2D eigenvalue weighted by Gasteiger charge is 2.51. The van der Waals surface area contributed by atoms with Gasteiger partial charge in [0.15, 0.2) is 9.84 Å². The lowest BCUT2D eigenvalue weighted by Gasteiger charge is -2.24. The largest absolute Gasteiger partial charge is 0.415 e. The highest BCUT2D eigenvalue weighted by molar-refractivity contribution is 7.92. The quantitative estimate of drug-likeness (QED) is 0.687. The minimum absolute atomic E-state index is 0.0345. The molecule has 1 saturated heterocycles. The number of nitriles is 1. The first-order valence-electron chi connectivity index (χ1n) is 10.1. The topological polar surface area (TPSA) is 117 Å². The summed E-state index contributed by atoms with van der Waals surface area (Å²) in [5.74, 6) is -1.12. The first-order chi connectivity index (χ1) is 15.6. The smallest absolute Gasteiger partial charge is 0.410 e. The molecule has 11 heteroatoms. The molecule has 4 rings (SSSR count). The maximum absolute atomic E-state index is 13.3. The minimum Gasteiger partial charge on any atom is -0.410 e. The molecule has 172 valence electrons. The van der Waals surface area contributed by atoms with Gasteiger partial charge < -0.3 is 10.1 Å². The molecule has 1 aliphatic heterocycles. The van der Waals surface area contributed by atoms with Gasteiger partial charge in [0.25, 0.3) is 0 Å². The van der Waals surface area contributed by atoms with Gasteiger partial charge in [-0.2, -0.15) is 5.26 Å². The van der Waals surface area contributed by atoms with Gasteiger partial charge >= 0.3 is 6.09 Å². The summed E-state index contributed by atoms with van der Waals surface area (Å²) in [6.07, 6.45) is -0.202. The molecule has 0 spiro atoms. The van der Waals surface area contributed by atoms with E-state index >= 15 is 0 Å². The Hall–Kier alpha value is -3.16. The molecule has 2 atom stereocenters. The van der Waals surface area contributed by atoms with Crippen LogP contribution in [0.4, 0.5) is 9.18 Å². The van der Waals surface area contributed by atoms with Gasteiger partial charge in [0, 0.05) is 6.54 Å². The number of nitrogens with zero attached hydrogens (tertiary/aromatic N) is 2. The molecule has 0 radical (unpaired) electrons. The molecule has 1 aliphatic carbocycles. The van der Waals surface area contributed by atoms with Crippen LogP contribution in [0.1, 0.15) is 19.3 Å². The second-order valence-corrected chi connectivity index (χ2v) is 10.6. The number of halogens is 2. The van der Waals surface area contributed by atoms with Gasteiger partial charge in [-0.05, 0) is 55.7 Å². The van der Waals surface area contributed by atoms with Crippen molar-refractivity contribution in [2.24, 2.45) is 0 Å². The fraction of sp³-hybridized carbons (Fsp3) is 0.318. The van der Waals surface area contributed by atoms with Crippen LogP contribution in [0.15, 0.2) is 53.4 Å². The summed E-state index contributed by atoms with van der Waals surface area (Å²) >= 11 is 6.09. The molecule has 33 heavy (non-hydrogen) atoms. The van der Waals surface area contributed by atoms with E-state index < -0.39 is 44.5 Å². The van der Waals surface area contributed by atoms with Crippen molar-refractivity contribution < 1.29 is 27.1 Å². The van der Waals surface area contributed by atoms with Crippen LogP contribution in [0.2, 0.25) is 5.02 Å². The summed E-state index contributed by atoms with van der Waals surface area (Å²) in [5.41, 5.74) is -0.997. The summed E-state index contributed by atoms with van der Waals surface area (Å²) in [6.45, 7) is -0.314. The maximum Gasteiger partial charge on any atom is 0.415 e. The fourth-order valence-corrected chi connectivity index (χ4v) is 5.92. The molecule has 2 aromatic carbocycles. The van der Waals surface area contributed by atoms with Gasteiger partial charge in [0.2, 0.25) is 5.91 Å². The predicted octanol–water partition coefficient (Wildman–Crippen LogP) is 3.07. The second-order valence-electron chi connectivity index (χ2n) is 8.01. The van der Waals surface area contributed by atoms with Crippen molar-refractivity contribution in [2.45, 2.75) is 41.0 Å². The van der Waals surface area contributed by atoms with Crippen LogP contribution in [0.25, 0.3) is 0 Å². The third-order valence-electron chi connectivity index (χ3n) is 5.73. The van der Waals surface area contributed by atoms with Gasteiger partial charge in [0.1, 0.15) is 23.1 Å². The van der Waals surface area contributed by atoms with E-state index in [-0.39, 0.29) is 28.6 Å². The SMILES string of the molecule is N#CC1(NC(=O)[C@@H]2C[C@@H](S(=O)(=O)c3ccccc3Cl)CN2C(=O)Oc2ccc(F)cc2)CC1. The van der Waals surface area contributed by atoms with E-state index in [1.54, 1.807) is 6.07 Å². The molecule has 0 bridgehead atoms. The number of amides is 2. The molecule has 0 unspecified atom stereocenters. The summed E-state index contributed by atoms with van der Waals surface area (Å²) in [7, 11) is -3.99. The van der Waals surface area contributed by atoms with E-state index in [1.165, 1.54) is 30.3 Å². The van der Waals surface area contributed by atoms with Crippen molar-refractivity contribution in [3.05, 3.63) is 59.4 Å². The van der Waals surface area contributed by atoms with E-state index in [9.17, 15) is 27.7 Å². The van der Waals surface area contributed by atoms with E-state index in [0.29, 0.717) is 12.8 Å². The van der Waals surface area contributed by atoms with Crippen LogP contribution in [0.5, 0.6) is 5.75 Å². The number of benzene rings is 2. The summed E-state index contributed by atoms with van der Waals surface area (Å²) in [5, 5.41) is 10.8. The Kier molecular flexibility index (Phi) is 6.03. The number of ether oxygens (including phenoxy) is 1. The lowest BCUT2D eigenvalue weighted by atomic mass is 10.2. The van der Waals surface area contributed by atoms with Crippen LogP contribution in [-0.2, 0) is 14.6 Å². The van der Waals surface area contributed by atoms with Crippen LogP contribution in [0.3, 0.4) is 0 Å². The molecule has 1 N–H and O–H groups in total. The molecule has 0 aromatic heterocycles. The fourth-order valence-electron chi connectivity index (χ4n) is 3.70. The van der Waals surface area contributed by atoms with E-state index in [2.05, 4.69) is 5.32 Å². The lowest BCUT2D eigenvalue weighted by Crippen LogP contribution is -2.50. The van der Waals surface area contributed by atoms with Crippen molar-refractivity contribution in [2.75, 3.05) is 6.54 Å². The number of sulfone groups is 1. The molecule has 2 amide bonds. The third kappa shape index (κ3) is 4.65. The van der Waals surface area contributed by atoms with Crippen molar-refractivity contribution in [3.8, 4) is 11.8 Å². The van der Waals surface area contributed by atoms with Gasteiger partial charge in [0.05, 0.1) is 21.2 Å². The lowest BCUT2D eigenvalue weighted by molar-refractivity contribution is -0.125. The van der Waals surface area contributed by atoms with Gasteiger partial charge in [-0.3, -0.25) is 9.69 Å². The van der Waals surface area contributed by atoms with Crippen molar-refractivity contribution >= 4 is 33.4 Å². The molecule has 8 nitrogen and oxygen atoms in total. The van der Waals surface area contributed by atoms with Crippen molar-refractivity contribution in [3.63, 3.8) is 0 Å². The van der Waals surface area contributed by atoms with E-state index in [4.69, 9.17) is 16.3 Å². The number of likely N-dealkylation sites (tertiary alicyclic amines) is 1. The Bertz CT molecular complexity index is 1240. The monoisotopic (exact) mass is 491 g/mol. The Morgan fingerprint density at radius 3 is 2.45 bits per heavy atom. The van der Waals surface area contributed by atoms with E-state index in [0.717, 1.165) is 17.0 Å². The zero-order chi connectivity index (χ0) is 23.8. The number of carbonyl (C=O) groups excluding carboxylic acids is 2. The van der Waals surface area contributed by atoms with Crippen LogP contribution < -0.4 is 10.1 Å². The van der Waals surface area contributed by atoms with Crippen molar-refractivity contribution in [1.82, 2.24) is 10.2 Å². The van der Waals surface area contributed by atoms with Gasteiger partial charge in [-0.25, -0.2) is 17.6 Å². The molecule has 2 aromatic rings. The number of nitrogens with one attached hydrogen (secondary N) is 1. The Morgan fingerprint density at radius 1 is 1.18 bits per heavy atom. The first-order valence-corrected chi connectivity index (χ1v) is 12.0. The Labute approximate surface area is 194 Å². The number of rotatable bonds is 5. The average Bonchev–Trinajstić information content (AvgIpc) is 3.40. The average molecular weight is 492 g/mol. The summed E-state index contributed by atoms with van der Waals surface area (Å²) in [6, 6.07) is 11.5. The molecule has 2 aliphatic rings. The summed E-state index contributed by atoms with van der Waals surface area (Å²) in [4.78, 5) is 26.8. The standard InChI is InChI=1S/C22H19ClFN3O5S/c23-17-3-1-2-4-19(17)33(30,31)16-11-18(20(28)26-22(13-25)9-10-22)27(12-16)21(29)32-15-7-5-14(24)6-8-15/h1-8,16,18H,9-12H2,(H,26,28)/t16-,18+/m1/s1. The van der Waals surface area contributed by atoms with Crippen LogP contribution in [0, 0.1) is 17.1 Å². The normalized spacial score (nSPS) is 21.2. The molecular formula is C22H19ClFN3O5S. The van der Waals surface area contributed by atoms with Crippen molar-refractivity contribution in [1.29, 1.82) is 5.26 Å². The predicted molar refractivity (Wildman–Crippen MR) is 116 cm³/mol.